The van der Waals surface area contributed by atoms with Crippen molar-refractivity contribution in [2.75, 3.05) is 25.0 Å². The second kappa shape index (κ2) is 9.42. The van der Waals surface area contributed by atoms with Crippen LogP contribution in [0.1, 0.15) is 32.6 Å². The molecule has 0 radical (unpaired) electrons. The summed E-state index contributed by atoms with van der Waals surface area (Å²) in [5.41, 5.74) is 1.24. The molecule has 1 atom stereocenters. The average molecular weight is 430 g/mol. The van der Waals surface area contributed by atoms with Gasteiger partial charge in [-0.05, 0) is 37.3 Å². The Balaban J connectivity index is 1.62. The minimum atomic E-state index is -3.58. The van der Waals surface area contributed by atoms with Crippen LogP contribution in [-0.4, -0.2) is 38.3 Å². The van der Waals surface area contributed by atoms with Crippen molar-refractivity contribution in [1.29, 1.82) is 0 Å². The molecule has 8 heteroatoms. The summed E-state index contributed by atoms with van der Waals surface area (Å²) in [5, 5.41) is 6.89. The Labute approximate surface area is 177 Å². The molecule has 7 nitrogen and oxygen atoms in total. The fourth-order valence-electron chi connectivity index (χ4n) is 3.21. The van der Waals surface area contributed by atoms with Crippen LogP contribution in [0.15, 0.2) is 63.9 Å². The fraction of sp³-hybridized carbons (Fsp3) is 0.318. The van der Waals surface area contributed by atoms with E-state index in [1.54, 1.807) is 26.0 Å². The zero-order valence-electron chi connectivity index (χ0n) is 17.4. The van der Waals surface area contributed by atoms with Crippen molar-refractivity contribution in [3.8, 4) is 0 Å². The first kappa shape index (κ1) is 22.0. The summed E-state index contributed by atoms with van der Waals surface area (Å²) in [5.74, 6) is 0.478. The molecule has 3 rings (SSSR count). The van der Waals surface area contributed by atoms with Gasteiger partial charge in [-0.15, -0.1) is 0 Å². The van der Waals surface area contributed by atoms with E-state index in [4.69, 9.17) is 4.42 Å². The summed E-state index contributed by atoms with van der Waals surface area (Å²) in [6.07, 6.45) is 0. The maximum atomic E-state index is 12.7. The summed E-state index contributed by atoms with van der Waals surface area (Å²) < 4.78 is 32.5. The third-order valence-corrected chi connectivity index (χ3v) is 6.95. The first-order chi connectivity index (χ1) is 14.3. The number of sulfonamides is 1. The monoisotopic (exact) mass is 429 g/mol. The summed E-state index contributed by atoms with van der Waals surface area (Å²) in [6.45, 7) is 6.34. The molecule has 3 aromatic rings. The van der Waals surface area contributed by atoms with Gasteiger partial charge in [-0.25, -0.2) is 8.42 Å². The van der Waals surface area contributed by atoms with Gasteiger partial charge in [-0.3, -0.25) is 10.1 Å². The van der Waals surface area contributed by atoms with Crippen LogP contribution < -0.4 is 10.6 Å². The van der Waals surface area contributed by atoms with Crippen LogP contribution in [0.5, 0.6) is 0 Å². The van der Waals surface area contributed by atoms with Gasteiger partial charge in [-0.1, -0.05) is 38.1 Å². The van der Waals surface area contributed by atoms with Crippen molar-refractivity contribution in [2.24, 2.45) is 0 Å². The van der Waals surface area contributed by atoms with Crippen molar-refractivity contribution in [2.45, 2.75) is 31.7 Å². The summed E-state index contributed by atoms with van der Waals surface area (Å²) in [7, 11) is -3.58. The Hall–Kier alpha value is -2.68. The number of rotatable bonds is 9. The number of anilines is 1. The molecule has 1 amide bonds. The van der Waals surface area contributed by atoms with E-state index in [1.807, 2.05) is 37.3 Å². The second-order valence-electron chi connectivity index (χ2n) is 6.95. The van der Waals surface area contributed by atoms with Crippen molar-refractivity contribution in [3.63, 3.8) is 0 Å². The number of carbonyl (C=O) groups excluding carboxylic acids is 1. The fourth-order valence-corrected chi connectivity index (χ4v) is 4.72. The molecule has 2 aromatic carbocycles. The lowest BCUT2D eigenvalue weighted by Crippen LogP contribution is -2.31. The molecule has 0 aliphatic heterocycles. The first-order valence-corrected chi connectivity index (χ1v) is 11.4. The third kappa shape index (κ3) is 4.89. The molecule has 0 aliphatic carbocycles. The molecule has 1 aromatic heterocycles. The van der Waals surface area contributed by atoms with E-state index in [1.165, 1.54) is 16.4 Å². The molecule has 30 heavy (non-hydrogen) atoms. The molecule has 1 heterocycles. The maximum absolute atomic E-state index is 12.7. The molecular weight excluding hydrogens is 402 g/mol. The zero-order valence-corrected chi connectivity index (χ0v) is 18.2. The van der Waals surface area contributed by atoms with Gasteiger partial charge in [0.1, 0.15) is 11.3 Å². The lowest BCUT2D eigenvalue weighted by atomic mass is 10.2. The highest BCUT2D eigenvalue weighted by atomic mass is 32.2. The standard InChI is InChI=1S/C22H27N3O4S/c1-4-25(5-2)30(27,28)19-11-8-10-18(14-19)24-22(26)15-23-16(3)21-13-17-9-6-7-12-20(17)29-21/h6-14,16,23H,4-5,15H2,1-3H3,(H,24,26). The van der Waals surface area contributed by atoms with E-state index in [0.717, 1.165) is 16.7 Å². The number of nitrogens with one attached hydrogen (secondary N) is 2. The minimum absolute atomic E-state index is 0.0607. The number of hydrogen-bond donors (Lipinski definition) is 2. The Morgan fingerprint density at radius 2 is 1.80 bits per heavy atom. The number of furan rings is 1. The van der Waals surface area contributed by atoms with Crippen LogP contribution >= 0.6 is 0 Å². The summed E-state index contributed by atoms with van der Waals surface area (Å²) in [4.78, 5) is 12.5. The van der Waals surface area contributed by atoms with E-state index in [0.29, 0.717) is 18.8 Å². The van der Waals surface area contributed by atoms with Gasteiger partial charge in [-0.2, -0.15) is 4.31 Å². The lowest BCUT2D eigenvalue weighted by Gasteiger charge is -2.19. The van der Waals surface area contributed by atoms with E-state index in [2.05, 4.69) is 10.6 Å². The maximum Gasteiger partial charge on any atom is 0.243 e. The van der Waals surface area contributed by atoms with Crippen molar-refractivity contribution in [1.82, 2.24) is 9.62 Å². The highest BCUT2D eigenvalue weighted by Gasteiger charge is 2.22. The van der Waals surface area contributed by atoms with Gasteiger partial charge < -0.3 is 9.73 Å². The van der Waals surface area contributed by atoms with Crippen LogP contribution in [0.4, 0.5) is 5.69 Å². The number of hydrogen-bond acceptors (Lipinski definition) is 5. The molecule has 0 fully saturated rings. The quantitative estimate of drug-likeness (QED) is 0.540. The van der Waals surface area contributed by atoms with Gasteiger partial charge in [0.2, 0.25) is 15.9 Å². The van der Waals surface area contributed by atoms with E-state index >= 15 is 0 Å². The normalized spacial score (nSPS) is 12.9. The molecule has 0 spiro atoms. The summed E-state index contributed by atoms with van der Waals surface area (Å²) >= 11 is 0. The van der Waals surface area contributed by atoms with Crippen molar-refractivity contribution in [3.05, 3.63) is 60.4 Å². The van der Waals surface area contributed by atoms with E-state index in [9.17, 15) is 13.2 Å². The first-order valence-electron chi connectivity index (χ1n) is 9.97. The minimum Gasteiger partial charge on any atom is -0.459 e. The number of nitrogens with zero attached hydrogens (tertiary/aromatic N) is 1. The Morgan fingerprint density at radius 1 is 1.07 bits per heavy atom. The molecule has 0 saturated heterocycles. The molecule has 1 unspecified atom stereocenters. The third-order valence-electron chi connectivity index (χ3n) is 4.90. The van der Waals surface area contributed by atoms with Crippen molar-refractivity contribution < 1.29 is 17.6 Å². The number of carbonyl (C=O) groups is 1. The predicted octanol–water partition coefficient (Wildman–Crippen LogP) is 3.75. The van der Waals surface area contributed by atoms with E-state index < -0.39 is 10.0 Å². The van der Waals surface area contributed by atoms with Crippen LogP contribution in [0.2, 0.25) is 0 Å². The Bertz CT molecular complexity index is 1090. The smallest absolute Gasteiger partial charge is 0.243 e. The molecular formula is C22H27N3O4S. The molecule has 0 bridgehead atoms. The molecule has 0 aliphatic rings. The second-order valence-corrected chi connectivity index (χ2v) is 8.89. The van der Waals surface area contributed by atoms with Crippen LogP contribution in [0, 0.1) is 0 Å². The predicted molar refractivity (Wildman–Crippen MR) is 118 cm³/mol. The van der Waals surface area contributed by atoms with Crippen LogP contribution in [0.3, 0.4) is 0 Å². The average Bonchev–Trinajstić information content (AvgIpc) is 3.17. The molecule has 2 N–H and O–H groups in total. The number of benzene rings is 2. The van der Waals surface area contributed by atoms with Crippen molar-refractivity contribution >= 4 is 32.6 Å². The molecule has 0 saturated carbocycles. The number of para-hydroxylation sites is 1. The SMILES string of the molecule is CCN(CC)S(=O)(=O)c1cccc(NC(=O)CNC(C)c2cc3ccccc3o2)c1. The Kier molecular flexibility index (Phi) is 6.91. The largest absolute Gasteiger partial charge is 0.459 e. The van der Waals surface area contributed by atoms with Gasteiger partial charge >= 0.3 is 0 Å². The zero-order chi connectivity index (χ0) is 21.7. The number of amides is 1. The van der Waals surface area contributed by atoms with Gasteiger partial charge in [0.05, 0.1) is 17.5 Å². The lowest BCUT2D eigenvalue weighted by molar-refractivity contribution is -0.115. The molecule has 160 valence electrons. The van der Waals surface area contributed by atoms with Gasteiger partial charge in [0.25, 0.3) is 0 Å². The van der Waals surface area contributed by atoms with E-state index in [-0.39, 0.29) is 23.4 Å². The Morgan fingerprint density at radius 3 is 2.50 bits per heavy atom. The number of fused-ring (bicyclic) bond motifs is 1. The van der Waals surface area contributed by atoms with Crippen LogP contribution in [0.25, 0.3) is 11.0 Å². The highest BCUT2D eigenvalue weighted by molar-refractivity contribution is 7.89. The van der Waals surface area contributed by atoms with Gasteiger partial charge in [0.15, 0.2) is 0 Å². The van der Waals surface area contributed by atoms with Crippen LogP contribution in [-0.2, 0) is 14.8 Å². The highest BCUT2D eigenvalue weighted by Crippen LogP contribution is 2.23. The summed E-state index contributed by atoms with van der Waals surface area (Å²) in [6, 6.07) is 15.8. The van der Waals surface area contributed by atoms with Gasteiger partial charge in [0, 0.05) is 24.2 Å². The topological polar surface area (TPSA) is 91.7 Å².